The van der Waals surface area contributed by atoms with Gasteiger partial charge in [-0.2, -0.15) is 0 Å². The van der Waals surface area contributed by atoms with E-state index in [-0.39, 0.29) is 18.7 Å². The molecule has 0 amide bonds. The number of nitrogens with zero attached hydrogens (tertiary/aromatic N) is 2. The molecular weight excluding hydrogens is 364 g/mol. The first-order valence-corrected chi connectivity index (χ1v) is 10.3. The fourth-order valence-corrected chi connectivity index (χ4v) is 4.69. The molecule has 1 fully saturated rings. The Balaban J connectivity index is 1.99. The highest BCUT2D eigenvalue weighted by molar-refractivity contribution is 7.15. The maximum absolute atomic E-state index is 11.8. The monoisotopic (exact) mass is 388 g/mol. The summed E-state index contributed by atoms with van der Waals surface area (Å²) >= 11 is 1.62. The normalized spacial score (nSPS) is 14.4. The predicted octanol–water partition coefficient (Wildman–Crippen LogP) is 5.04. The van der Waals surface area contributed by atoms with Crippen LogP contribution in [0.1, 0.15) is 61.7 Å². The molecule has 6 nitrogen and oxygen atoms in total. The molecule has 1 aromatic heterocycles. The Kier molecular flexibility index (Phi) is 6.21. The van der Waals surface area contributed by atoms with Gasteiger partial charge in [-0.05, 0) is 26.2 Å². The van der Waals surface area contributed by atoms with Crippen molar-refractivity contribution in [1.29, 1.82) is 0 Å². The quantitative estimate of drug-likeness (QED) is 0.377. The van der Waals surface area contributed by atoms with Crippen LogP contribution >= 0.6 is 11.3 Å². The van der Waals surface area contributed by atoms with Gasteiger partial charge in [0.1, 0.15) is 0 Å². The summed E-state index contributed by atoms with van der Waals surface area (Å²) in [5.41, 5.74) is 2.24. The van der Waals surface area contributed by atoms with Crippen molar-refractivity contribution in [2.24, 2.45) is 0 Å². The number of rotatable bonds is 7. The number of hydrogen-bond acceptors (Lipinski definition) is 6. The first kappa shape index (κ1) is 19.5. The Labute approximate surface area is 162 Å². The molecule has 0 N–H and O–H groups in total. The van der Waals surface area contributed by atoms with Gasteiger partial charge < -0.3 is 4.74 Å². The highest BCUT2D eigenvalue weighted by atomic mass is 32.1. The van der Waals surface area contributed by atoms with Crippen LogP contribution in [0.5, 0.6) is 0 Å². The van der Waals surface area contributed by atoms with E-state index in [1.54, 1.807) is 30.4 Å². The third kappa shape index (κ3) is 4.35. The van der Waals surface area contributed by atoms with Crippen LogP contribution in [0, 0.1) is 10.1 Å². The van der Waals surface area contributed by atoms with Crippen molar-refractivity contribution >= 4 is 23.0 Å². The van der Waals surface area contributed by atoms with Crippen LogP contribution in [-0.2, 0) is 22.4 Å². The van der Waals surface area contributed by atoms with Gasteiger partial charge in [0.2, 0.25) is 0 Å². The molecule has 144 valence electrons. The first-order chi connectivity index (χ1) is 13.0. The SMILES string of the molecule is CCOC(=O)Cc1ccc(-c2sc(CC)nc2C2CCCC2)cc1[N+](=O)[O-]. The lowest BCUT2D eigenvalue weighted by Crippen LogP contribution is -2.09. The van der Waals surface area contributed by atoms with E-state index in [9.17, 15) is 14.9 Å². The number of thiazole rings is 1. The summed E-state index contributed by atoms with van der Waals surface area (Å²) in [6.07, 6.45) is 5.44. The van der Waals surface area contributed by atoms with Crippen molar-refractivity contribution in [2.45, 2.75) is 58.3 Å². The van der Waals surface area contributed by atoms with Crippen LogP contribution in [0.25, 0.3) is 10.4 Å². The minimum Gasteiger partial charge on any atom is -0.466 e. The first-order valence-electron chi connectivity index (χ1n) is 9.46. The van der Waals surface area contributed by atoms with Crippen LogP contribution in [0.15, 0.2) is 18.2 Å². The smallest absolute Gasteiger partial charge is 0.310 e. The van der Waals surface area contributed by atoms with Crippen LogP contribution in [0.4, 0.5) is 5.69 Å². The zero-order valence-corrected chi connectivity index (χ0v) is 16.5. The highest BCUT2D eigenvalue weighted by Crippen LogP contribution is 2.42. The number of carbonyl (C=O) groups excluding carboxylic acids is 1. The van der Waals surface area contributed by atoms with Gasteiger partial charge in [-0.3, -0.25) is 14.9 Å². The van der Waals surface area contributed by atoms with Gasteiger partial charge in [-0.1, -0.05) is 31.9 Å². The Hall–Kier alpha value is -2.28. The lowest BCUT2D eigenvalue weighted by molar-refractivity contribution is -0.385. The standard InChI is InChI=1S/C20H24N2O4S/c1-3-17-21-19(13-7-5-6-8-13)20(27-17)15-10-9-14(12-18(23)26-4-2)16(11-15)22(24)25/h9-11,13H,3-8,12H2,1-2H3. The molecule has 0 aliphatic heterocycles. The van der Waals surface area contributed by atoms with E-state index in [1.165, 1.54) is 12.8 Å². The van der Waals surface area contributed by atoms with Crippen molar-refractivity contribution in [1.82, 2.24) is 4.98 Å². The lowest BCUT2D eigenvalue weighted by Gasteiger charge is -2.10. The highest BCUT2D eigenvalue weighted by Gasteiger charge is 2.26. The summed E-state index contributed by atoms with van der Waals surface area (Å²) < 4.78 is 4.93. The minimum absolute atomic E-state index is 0.0376. The van der Waals surface area contributed by atoms with Crippen molar-refractivity contribution in [3.05, 3.63) is 44.6 Å². The maximum atomic E-state index is 11.8. The molecule has 3 rings (SSSR count). The summed E-state index contributed by atoms with van der Waals surface area (Å²) in [5.74, 6) is -0.0131. The predicted molar refractivity (Wildman–Crippen MR) is 105 cm³/mol. The molecule has 1 heterocycles. The average Bonchev–Trinajstić information content (AvgIpc) is 3.31. The van der Waals surface area contributed by atoms with Gasteiger partial charge in [0, 0.05) is 23.1 Å². The van der Waals surface area contributed by atoms with Crippen molar-refractivity contribution in [2.75, 3.05) is 6.61 Å². The van der Waals surface area contributed by atoms with Gasteiger partial charge in [0.15, 0.2) is 0 Å². The number of esters is 1. The van der Waals surface area contributed by atoms with E-state index in [2.05, 4.69) is 6.92 Å². The molecule has 1 saturated carbocycles. The Morgan fingerprint density at radius 2 is 2.07 bits per heavy atom. The number of nitro benzene ring substituents is 1. The number of benzene rings is 1. The van der Waals surface area contributed by atoms with Gasteiger partial charge in [-0.15, -0.1) is 11.3 Å². The molecule has 2 aromatic rings. The molecule has 0 bridgehead atoms. The third-order valence-electron chi connectivity index (χ3n) is 4.93. The number of nitro groups is 1. The van der Waals surface area contributed by atoms with Gasteiger partial charge in [-0.25, -0.2) is 4.98 Å². The summed E-state index contributed by atoms with van der Waals surface area (Å²) in [5, 5.41) is 12.6. The number of ether oxygens (including phenoxy) is 1. The van der Waals surface area contributed by atoms with E-state index in [4.69, 9.17) is 9.72 Å². The van der Waals surface area contributed by atoms with Crippen LogP contribution in [0.3, 0.4) is 0 Å². The molecule has 0 atom stereocenters. The average molecular weight is 388 g/mol. The fourth-order valence-electron chi connectivity index (χ4n) is 3.60. The van der Waals surface area contributed by atoms with Crippen molar-refractivity contribution < 1.29 is 14.5 Å². The lowest BCUT2D eigenvalue weighted by atomic mass is 9.98. The van der Waals surface area contributed by atoms with Gasteiger partial charge >= 0.3 is 5.97 Å². The Morgan fingerprint density at radius 1 is 1.33 bits per heavy atom. The molecule has 1 aliphatic rings. The van der Waals surface area contributed by atoms with Crippen LogP contribution < -0.4 is 0 Å². The molecule has 27 heavy (non-hydrogen) atoms. The van der Waals surface area contributed by atoms with Crippen LogP contribution in [0.2, 0.25) is 0 Å². The van der Waals surface area contributed by atoms with Gasteiger partial charge in [0.25, 0.3) is 5.69 Å². The third-order valence-corrected chi connectivity index (χ3v) is 6.19. The van der Waals surface area contributed by atoms with E-state index in [1.807, 2.05) is 6.07 Å². The summed E-state index contributed by atoms with van der Waals surface area (Å²) in [6, 6.07) is 5.13. The number of aryl methyl sites for hydroxylation is 1. The Morgan fingerprint density at radius 3 is 2.70 bits per heavy atom. The minimum atomic E-state index is -0.453. The molecule has 1 aromatic carbocycles. The zero-order valence-electron chi connectivity index (χ0n) is 15.7. The van der Waals surface area contributed by atoms with Crippen molar-refractivity contribution in [3.63, 3.8) is 0 Å². The van der Waals surface area contributed by atoms with Crippen LogP contribution in [-0.4, -0.2) is 22.5 Å². The molecule has 0 spiro atoms. The summed E-state index contributed by atoms with van der Waals surface area (Å²) in [6.45, 7) is 4.05. The molecule has 0 saturated heterocycles. The molecule has 0 unspecified atom stereocenters. The second-order valence-electron chi connectivity index (χ2n) is 6.74. The maximum Gasteiger partial charge on any atom is 0.310 e. The molecule has 0 radical (unpaired) electrons. The van der Waals surface area contributed by atoms with E-state index >= 15 is 0 Å². The van der Waals surface area contributed by atoms with Crippen molar-refractivity contribution in [3.8, 4) is 10.4 Å². The van der Waals surface area contributed by atoms with E-state index in [0.717, 1.165) is 40.4 Å². The fraction of sp³-hybridized carbons (Fsp3) is 0.500. The molecule has 1 aliphatic carbocycles. The Bertz CT molecular complexity index is 841. The number of carbonyl (C=O) groups is 1. The van der Waals surface area contributed by atoms with E-state index in [0.29, 0.717) is 11.5 Å². The second kappa shape index (κ2) is 8.61. The topological polar surface area (TPSA) is 82.3 Å². The van der Waals surface area contributed by atoms with Gasteiger partial charge in [0.05, 0.1) is 33.5 Å². The number of aromatic nitrogens is 1. The second-order valence-corrected chi connectivity index (χ2v) is 7.82. The largest absolute Gasteiger partial charge is 0.466 e. The molecule has 7 heteroatoms. The zero-order chi connectivity index (χ0) is 19.4. The summed E-state index contributed by atoms with van der Waals surface area (Å²) in [7, 11) is 0. The molecular formula is C20H24N2O4S. The number of hydrogen-bond donors (Lipinski definition) is 0. The summed E-state index contributed by atoms with van der Waals surface area (Å²) in [4.78, 5) is 28.8. The van der Waals surface area contributed by atoms with E-state index < -0.39 is 10.9 Å².